The fourth-order valence-corrected chi connectivity index (χ4v) is 4.22. The number of amides is 3. The molecular formula is C23H27N9O5S. The number of primary amides is 1. The Hall–Kier alpha value is -4.53. The summed E-state index contributed by atoms with van der Waals surface area (Å²) in [6, 6.07) is 6.98. The van der Waals surface area contributed by atoms with Crippen molar-refractivity contribution in [3.05, 3.63) is 41.7 Å². The molecule has 15 heteroatoms. The molecule has 3 heterocycles. The number of nitrogens with zero attached hydrogens (tertiary/aromatic N) is 6. The molecule has 0 aliphatic carbocycles. The number of anilines is 3. The molecule has 7 N–H and O–H groups in total. The van der Waals surface area contributed by atoms with Crippen molar-refractivity contribution in [2.45, 2.75) is 25.8 Å². The van der Waals surface area contributed by atoms with Crippen molar-refractivity contribution in [1.29, 1.82) is 0 Å². The van der Waals surface area contributed by atoms with Crippen molar-refractivity contribution in [3.8, 4) is 0 Å². The van der Waals surface area contributed by atoms with E-state index in [1.54, 1.807) is 18.3 Å². The van der Waals surface area contributed by atoms with E-state index in [0.717, 1.165) is 17.4 Å². The topological polar surface area (TPSA) is 225 Å². The minimum Gasteiger partial charge on any atom is -0.481 e. The maximum atomic E-state index is 11.3. The highest BCUT2D eigenvalue weighted by Crippen LogP contribution is 2.19. The van der Waals surface area contributed by atoms with Gasteiger partial charge in [0.2, 0.25) is 17.8 Å². The number of nitrogen functional groups attached to an aromatic ring is 2. The van der Waals surface area contributed by atoms with Crippen LogP contribution in [0, 0.1) is 0 Å². The van der Waals surface area contributed by atoms with Crippen LogP contribution in [0.3, 0.4) is 0 Å². The Morgan fingerprint density at radius 2 is 1.82 bits per heavy atom. The zero-order valence-corrected chi connectivity index (χ0v) is 21.3. The van der Waals surface area contributed by atoms with Crippen LogP contribution in [0.4, 0.5) is 22.2 Å². The van der Waals surface area contributed by atoms with Crippen molar-refractivity contribution < 1.29 is 24.3 Å². The van der Waals surface area contributed by atoms with E-state index < -0.39 is 11.9 Å². The molecule has 0 radical (unpaired) electrons. The number of carbonyl (C=O) groups is 4. The van der Waals surface area contributed by atoms with Gasteiger partial charge in [0.1, 0.15) is 0 Å². The molecule has 3 amide bonds. The third-order valence-corrected chi connectivity index (χ3v) is 6.19. The highest BCUT2D eigenvalue weighted by Gasteiger charge is 2.26. The van der Waals surface area contributed by atoms with Crippen LogP contribution < -0.4 is 22.1 Å². The predicted molar refractivity (Wildman–Crippen MR) is 142 cm³/mol. The van der Waals surface area contributed by atoms with Crippen molar-refractivity contribution in [1.82, 2.24) is 24.8 Å². The molecule has 0 saturated carbocycles. The summed E-state index contributed by atoms with van der Waals surface area (Å²) in [5.41, 5.74) is 19.4. The molecule has 1 fully saturated rings. The van der Waals surface area contributed by atoms with Crippen LogP contribution in [-0.2, 0) is 16.1 Å². The van der Waals surface area contributed by atoms with Gasteiger partial charge in [0, 0.05) is 43.4 Å². The lowest BCUT2D eigenvalue weighted by Crippen LogP contribution is -2.30. The van der Waals surface area contributed by atoms with Gasteiger partial charge in [0.15, 0.2) is 17.0 Å². The van der Waals surface area contributed by atoms with Crippen molar-refractivity contribution in [3.63, 3.8) is 0 Å². The van der Waals surface area contributed by atoms with Crippen molar-refractivity contribution in [2.75, 3.05) is 35.7 Å². The van der Waals surface area contributed by atoms with E-state index in [2.05, 4.69) is 19.9 Å². The summed E-state index contributed by atoms with van der Waals surface area (Å²) in [6.45, 7) is 0.943. The van der Waals surface area contributed by atoms with Crippen molar-refractivity contribution >= 4 is 63.4 Å². The average molecular weight is 542 g/mol. The number of nitrogens with two attached hydrogens (primary N) is 3. The number of benzene rings is 1. The zero-order valence-electron chi connectivity index (χ0n) is 20.5. The summed E-state index contributed by atoms with van der Waals surface area (Å²) < 4.78 is 0. The molecule has 14 nitrogen and oxygen atoms in total. The van der Waals surface area contributed by atoms with Gasteiger partial charge >= 0.3 is 5.97 Å². The SMILES string of the molecule is CN(Cc1cnc2nc(N)nc(N)c2n1)c1ccc(C(N)=O)cc1.O=C(O)CCCC(=O)N1CCSC1=O. The second-order valence-electron chi connectivity index (χ2n) is 8.17. The number of hydrogen-bond acceptors (Lipinski definition) is 12. The Kier molecular flexibility index (Phi) is 9.32. The van der Waals surface area contributed by atoms with Gasteiger partial charge in [-0.15, -0.1) is 0 Å². The summed E-state index contributed by atoms with van der Waals surface area (Å²) in [5.74, 6) is -0.738. The molecule has 3 aromatic rings. The van der Waals surface area contributed by atoms with Gasteiger partial charge in [-0.05, 0) is 30.7 Å². The van der Waals surface area contributed by atoms with Gasteiger partial charge in [-0.2, -0.15) is 9.97 Å². The van der Waals surface area contributed by atoms with Crippen LogP contribution in [0.1, 0.15) is 35.3 Å². The number of aliphatic carboxylic acids is 1. The molecule has 200 valence electrons. The average Bonchev–Trinajstić information content (AvgIpc) is 3.30. The molecule has 1 aromatic carbocycles. The lowest BCUT2D eigenvalue weighted by Gasteiger charge is -2.19. The first-order chi connectivity index (χ1) is 18.0. The Morgan fingerprint density at radius 1 is 1.11 bits per heavy atom. The van der Waals surface area contributed by atoms with E-state index in [1.165, 1.54) is 4.90 Å². The number of rotatable bonds is 8. The first kappa shape index (κ1) is 28.0. The Morgan fingerprint density at radius 3 is 2.42 bits per heavy atom. The molecule has 2 aromatic heterocycles. The van der Waals surface area contributed by atoms with Gasteiger partial charge in [0.25, 0.3) is 5.24 Å². The number of imide groups is 1. The highest BCUT2D eigenvalue weighted by molar-refractivity contribution is 8.13. The summed E-state index contributed by atoms with van der Waals surface area (Å²) in [6.07, 6.45) is 2.02. The fraction of sp³-hybridized carbons (Fsp3) is 0.304. The monoisotopic (exact) mass is 541 g/mol. The van der Waals surface area contributed by atoms with Crippen LogP contribution in [-0.4, -0.2) is 72.3 Å². The van der Waals surface area contributed by atoms with Gasteiger partial charge in [-0.3, -0.25) is 24.1 Å². The number of carbonyl (C=O) groups excluding carboxylic acids is 3. The Balaban J connectivity index is 0.000000244. The van der Waals surface area contributed by atoms with E-state index in [4.69, 9.17) is 22.3 Å². The normalized spacial score (nSPS) is 12.7. The van der Waals surface area contributed by atoms with Gasteiger partial charge in [0.05, 0.1) is 18.4 Å². The second-order valence-corrected chi connectivity index (χ2v) is 9.22. The van der Waals surface area contributed by atoms with E-state index in [9.17, 15) is 19.2 Å². The number of fused-ring (bicyclic) bond motifs is 1. The molecule has 0 unspecified atom stereocenters. The van der Waals surface area contributed by atoms with Crippen LogP contribution in [0.25, 0.3) is 11.2 Å². The molecule has 1 aliphatic rings. The van der Waals surface area contributed by atoms with Crippen LogP contribution in [0.2, 0.25) is 0 Å². The van der Waals surface area contributed by atoms with E-state index >= 15 is 0 Å². The molecule has 0 spiro atoms. The number of thioether (sulfide) groups is 1. The van der Waals surface area contributed by atoms with Gasteiger partial charge < -0.3 is 27.2 Å². The molecule has 0 atom stereocenters. The summed E-state index contributed by atoms with van der Waals surface area (Å²) in [4.78, 5) is 63.4. The predicted octanol–water partition coefficient (Wildman–Crippen LogP) is 1.26. The number of aromatic nitrogens is 4. The summed E-state index contributed by atoms with van der Waals surface area (Å²) in [7, 11) is 1.90. The maximum Gasteiger partial charge on any atom is 0.303 e. The van der Waals surface area contributed by atoms with Crippen LogP contribution >= 0.6 is 11.8 Å². The summed E-state index contributed by atoms with van der Waals surface area (Å²) >= 11 is 1.12. The Bertz CT molecular complexity index is 1350. The third-order valence-electron chi connectivity index (χ3n) is 5.34. The maximum absolute atomic E-state index is 11.3. The first-order valence-electron chi connectivity index (χ1n) is 11.4. The minimum absolute atomic E-state index is 0.0269. The number of carboxylic acid groups (broad SMARTS) is 1. The highest BCUT2D eigenvalue weighted by atomic mass is 32.2. The van der Waals surface area contributed by atoms with Crippen LogP contribution in [0.5, 0.6) is 0 Å². The molecule has 1 saturated heterocycles. The standard InChI is InChI=1S/C15H16N8O.C8H11NO4S/c1-23(10-4-2-8(3-5-10)13(17)24)7-9-6-19-14-11(20-9)12(16)21-15(18)22-14;10-6(2-1-3-7(11)12)9-4-5-14-8(9)13/h2-6H,7H2,1H3,(H2,17,24)(H4,16,18,19,21,22);1-5H2,(H,11,12). The van der Waals surface area contributed by atoms with E-state index in [1.807, 2.05) is 24.1 Å². The zero-order chi connectivity index (χ0) is 27.8. The minimum atomic E-state index is -0.917. The van der Waals surface area contributed by atoms with Gasteiger partial charge in [-0.1, -0.05) is 11.8 Å². The quantitative estimate of drug-likeness (QED) is 0.315. The molecular weight excluding hydrogens is 514 g/mol. The number of hydrogen-bond donors (Lipinski definition) is 4. The molecule has 1 aliphatic heterocycles. The lowest BCUT2D eigenvalue weighted by atomic mass is 10.2. The van der Waals surface area contributed by atoms with Crippen molar-refractivity contribution in [2.24, 2.45) is 5.73 Å². The summed E-state index contributed by atoms with van der Waals surface area (Å²) in [5, 5.41) is 8.13. The van der Waals surface area contributed by atoms with E-state index in [-0.39, 0.29) is 35.8 Å². The fourth-order valence-electron chi connectivity index (χ4n) is 3.42. The lowest BCUT2D eigenvalue weighted by molar-refractivity contribution is -0.137. The molecule has 38 heavy (non-hydrogen) atoms. The largest absolute Gasteiger partial charge is 0.481 e. The smallest absolute Gasteiger partial charge is 0.303 e. The van der Waals surface area contributed by atoms with Crippen LogP contribution in [0.15, 0.2) is 30.5 Å². The molecule has 0 bridgehead atoms. The first-order valence-corrected chi connectivity index (χ1v) is 12.4. The second kappa shape index (κ2) is 12.6. The van der Waals surface area contributed by atoms with Gasteiger partial charge in [-0.25, -0.2) is 9.97 Å². The molecule has 4 rings (SSSR count). The number of carboxylic acids is 1. The van der Waals surface area contributed by atoms with E-state index in [0.29, 0.717) is 47.7 Å². The third kappa shape index (κ3) is 7.49. The Labute approximate surface area is 221 Å².